The van der Waals surface area contributed by atoms with E-state index in [1.165, 1.54) is 11.1 Å². The number of ether oxygens (including phenoxy) is 1. The molecule has 1 aliphatic heterocycles. The zero-order valence-electron chi connectivity index (χ0n) is 13.1. The molecule has 2 aromatic rings. The third kappa shape index (κ3) is 3.57. The molecule has 122 valence electrons. The van der Waals surface area contributed by atoms with E-state index in [1.807, 2.05) is 12.1 Å². The molecule has 0 bridgehead atoms. The van der Waals surface area contributed by atoms with Crippen LogP contribution in [0.1, 0.15) is 30.0 Å². The molecule has 23 heavy (non-hydrogen) atoms. The molecular formula is C18H21NO3S. The SMILES string of the molecule is COc1ccc(C(c2ccsc2)N2CCCC(C(=O)O)C2)cc1. The van der Waals surface area contributed by atoms with Crippen molar-refractivity contribution in [3.8, 4) is 5.75 Å². The quantitative estimate of drug-likeness (QED) is 0.909. The molecule has 2 heterocycles. The largest absolute Gasteiger partial charge is 0.497 e. The Morgan fingerprint density at radius 2 is 2.09 bits per heavy atom. The second kappa shape index (κ2) is 7.15. The van der Waals surface area contributed by atoms with Gasteiger partial charge in [-0.1, -0.05) is 12.1 Å². The Kier molecular flexibility index (Phi) is 4.98. The lowest BCUT2D eigenvalue weighted by Gasteiger charge is -2.37. The van der Waals surface area contributed by atoms with E-state index in [-0.39, 0.29) is 12.0 Å². The predicted molar refractivity (Wildman–Crippen MR) is 91.1 cm³/mol. The van der Waals surface area contributed by atoms with Gasteiger partial charge in [-0.25, -0.2) is 0 Å². The number of piperidine rings is 1. The van der Waals surface area contributed by atoms with Crippen molar-refractivity contribution < 1.29 is 14.6 Å². The molecule has 1 aliphatic rings. The Morgan fingerprint density at radius 3 is 2.70 bits per heavy atom. The monoisotopic (exact) mass is 331 g/mol. The second-order valence-electron chi connectivity index (χ2n) is 5.90. The number of carboxylic acid groups (broad SMARTS) is 1. The van der Waals surface area contributed by atoms with Crippen molar-refractivity contribution in [2.75, 3.05) is 20.2 Å². The summed E-state index contributed by atoms with van der Waals surface area (Å²) in [6.45, 7) is 1.53. The first kappa shape index (κ1) is 16.0. The normalized spacial score (nSPS) is 20.1. The van der Waals surface area contributed by atoms with Crippen LogP contribution in [0, 0.1) is 5.92 Å². The summed E-state index contributed by atoms with van der Waals surface area (Å²) in [4.78, 5) is 13.7. The summed E-state index contributed by atoms with van der Waals surface area (Å²) >= 11 is 1.67. The van der Waals surface area contributed by atoms with E-state index in [9.17, 15) is 9.90 Å². The lowest BCUT2D eigenvalue weighted by molar-refractivity contribution is -0.143. The zero-order chi connectivity index (χ0) is 16.2. The van der Waals surface area contributed by atoms with Crippen LogP contribution in [0.3, 0.4) is 0 Å². The van der Waals surface area contributed by atoms with E-state index in [1.54, 1.807) is 18.4 Å². The molecule has 2 unspecified atom stereocenters. The van der Waals surface area contributed by atoms with Crippen molar-refractivity contribution in [1.82, 2.24) is 4.90 Å². The van der Waals surface area contributed by atoms with E-state index in [0.717, 1.165) is 25.1 Å². The minimum atomic E-state index is -0.687. The van der Waals surface area contributed by atoms with Gasteiger partial charge >= 0.3 is 5.97 Å². The summed E-state index contributed by atoms with van der Waals surface area (Å²) < 4.78 is 5.24. The number of nitrogens with zero attached hydrogens (tertiary/aromatic N) is 1. The molecule has 0 spiro atoms. The molecule has 2 atom stereocenters. The average molecular weight is 331 g/mol. The molecule has 1 aromatic carbocycles. The number of benzene rings is 1. The molecule has 1 fully saturated rings. The Hall–Kier alpha value is -1.85. The van der Waals surface area contributed by atoms with Crippen LogP contribution in [0.5, 0.6) is 5.75 Å². The van der Waals surface area contributed by atoms with E-state index < -0.39 is 5.97 Å². The maximum atomic E-state index is 11.4. The van der Waals surface area contributed by atoms with Gasteiger partial charge in [0.25, 0.3) is 0 Å². The maximum Gasteiger partial charge on any atom is 0.307 e. The van der Waals surface area contributed by atoms with Crippen LogP contribution < -0.4 is 4.74 Å². The van der Waals surface area contributed by atoms with Crippen molar-refractivity contribution in [2.24, 2.45) is 5.92 Å². The molecule has 0 radical (unpaired) electrons. The number of carboxylic acids is 1. The van der Waals surface area contributed by atoms with Crippen LogP contribution in [0.2, 0.25) is 0 Å². The lowest BCUT2D eigenvalue weighted by atomic mass is 9.92. The van der Waals surface area contributed by atoms with Crippen molar-refractivity contribution in [1.29, 1.82) is 0 Å². The Balaban J connectivity index is 1.90. The molecule has 1 N–H and O–H groups in total. The molecule has 4 nitrogen and oxygen atoms in total. The second-order valence-corrected chi connectivity index (χ2v) is 6.68. The predicted octanol–water partition coefficient (Wildman–Crippen LogP) is 3.64. The van der Waals surface area contributed by atoms with Crippen LogP contribution in [-0.4, -0.2) is 36.2 Å². The summed E-state index contributed by atoms with van der Waals surface area (Å²) in [7, 11) is 1.66. The van der Waals surface area contributed by atoms with Crippen LogP contribution in [0.25, 0.3) is 0 Å². The van der Waals surface area contributed by atoms with Crippen LogP contribution in [-0.2, 0) is 4.79 Å². The van der Waals surface area contributed by atoms with E-state index in [4.69, 9.17) is 4.74 Å². The first-order valence-corrected chi connectivity index (χ1v) is 8.76. The van der Waals surface area contributed by atoms with Gasteiger partial charge in [0.15, 0.2) is 0 Å². The van der Waals surface area contributed by atoms with Crippen molar-refractivity contribution >= 4 is 17.3 Å². The third-order valence-electron chi connectivity index (χ3n) is 4.46. The third-order valence-corrected chi connectivity index (χ3v) is 5.16. The summed E-state index contributed by atoms with van der Waals surface area (Å²) in [5.41, 5.74) is 2.40. The van der Waals surface area contributed by atoms with Crippen LogP contribution in [0.15, 0.2) is 41.1 Å². The fourth-order valence-electron chi connectivity index (χ4n) is 3.27. The van der Waals surface area contributed by atoms with Gasteiger partial charge in [-0.3, -0.25) is 9.69 Å². The van der Waals surface area contributed by atoms with Crippen molar-refractivity contribution in [3.63, 3.8) is 0 Å². The minimum absolute atomic E-state index is 0.106. The average Bonchev–Trinajstić information content (AvgIpc) is 3.10. The summed E-state index contributed by atoms with van der Waals surface area (Å²) in [6, 6.07) is 10.3. The molecule has 0 saturated carbocycles. The molecule has 5 heteroatoms. The van der Waals surface area contributed by atoms with E-state index >= 15 is 0 Å². The number of methoxy groups -OCH3 is 1. The fourth-order valence-corrected chi connectivity index (χ4v) is 3.95. The van der Waals surface area contributed by atoms with Gasteiger partial charge in [0.2, 0.25) is 0 Å². The summed E-state index contributed by atoms with van der Waals surface area (Å²) in [6.07, 6.45) is 1.69. The number of rotatable bonds is 5. The van der Waals surface area contributed by atoms with Gasteiger partial charge in [0.05, 0.1) is 19.1 Å². The Bertz CT molecular complexity index is 639. The van der Waals surface area contributed by atoms with Gasteiger partial charge in [0.1, 0.15) is 5.75 Å². The molecule has 1 saturated heterocycles. The van der Waals surface area contributed by atoms with Gasteiger partial charge in [-0.2, -0.15) is 11.3 Å². The van der Waals surface area contributed by atoms with Gasteiger partial charge in [-0.05, 0) is 59.5 Å². The first-order chi connectivity index (χ1) is 11.2. The van der Waals surface area contributed by atoms with Gasteiger partial charge in [0, 0.05) is 6.54 Å². The number of carbonyl (C=O) groups is 1. The Morgan fingerprint density at radius 1 is 1.30 bits per heavy atom. The highest BCUT2D eigenvalue weighted by molar-refractivity contribution is 7.08. The van der Waals surface area contributed by atoms with E-state index in [0.29, 0.717) is 6.54 Å². The number of thiophene rings is 1. The van der Waals surface area contributed by atoms with Crippen LogP contribution in [0.4, 0.5) is 0 Å². The number of likely N-dealkylation sites (tertiary alicyclic amines) is 1. The molecule has 3 rings (SSSR count). The number of hydrogen-bond donors (Lipinski definition) is 1. The smallest absolute Gasteiger partial charge is 0.307 e. The highest BCUT2D eigenvalue weighted by atomic mass is 32.1. The highest BCUT2D eigenvalue weighted by Gasteiger charge is 2.31. The molecule has 1 aromatic heterocycles. The summed E-state index contributed by atoms with van der Waals surface area (Å²) in [5, 5.41) is 13.6. The Labute approximate surface area is 140 Å². The lowest BCUT2D eigenvalue weighted by Crippen LogP contribution is -2.41. The van der Waals surface area contributed by atoms with Crippen LogP contribution >= 0.6 is 11.3 Å². The first-order valence-electron chi connectivity index (χ1n) is 7.82. The molecule has 0 amide bonds. The van der Waals surface area contributed by atoms with Crippen molar-refractivity contribution in [2.45, 2.75) is 18.9 Å². The fraction of sp³-hybridized carbons (Fsp3) is 0.389. The minimum Gasteiger partial charge on any atom is -0.497 e. The zero-order valence-corrected chi connectivity index (χ0v) is 14.0. The van der Waals surface area contributed by atoms with E-state index in [2.05, 4.69) is 33.9 Å². The highest BCUT2D eigenvalue weighted by Crippen LogP contribution is 2.34. The molecular weight excluding hydrogens is 310 g/mol. The topological polar surface area (TPSA) is 49.8 Å². The number of aliphatic carboxylic acids is 1. The van der Waals surface area contributed by atoms with Crippen molar-refractivity contribution in [3.05, 3.63) is 52.2 Å². The molecule has 0 aliphatic carbocycles. The number of hydrogen-bond acceptors (Lipinski definition) is 4. The van der Waals surface area contributed by atoms with Gasteiger partial charge in [-0.15, -0.1) is 0 Å². The van der Waals surface area contributed by atoms with Gasteiger partial charge < -0.3 is 9.84 Å². The maximum absolute atomic E-state index is 11.4. The summed E-state index contributed by atoms with van der Waals surface area (Å²) in [5.74, 6) is -0.128. The standard InChI is InChI=1S/C18H21NO3S/c1-22-16-6-4-13(5-7-16)17(15-8-10-23-12-15)19-9-2-3-14(11-19)18(20)21/h4-8,10,12,14,17H,2-3,9,11H2,1H3,(H,20,21).